The highest BCUT2D eigenvalue weighted by Crippen LogP contribution is 2.29. The number of nitrogens with two attached hydrogens (primary N) is 1. The molecule has 142 valence electrons. The van der Waals surface area contributed by atoms with Crippen molar-refractivity contribution < 1.29 is 14.3 Å². The number of amides is 1. The fourth-order valence-electron chi connectivity index (χ4n) is 2.15. The van der Waals surface area contributed by atoms with Gasteiger partial charge in [0.25, 0.3) is 5.91 Å². The second kappa shape index (κ2) is 9.34. The summed E-state index contributed by atoms with van der Waals surface area (Å²) >= 11 is 5.02. The Morgan fingerprint density at radius 2 is 1.61 bits per heavy atom. The quantitative estimate of drug-likeness (QED) is 0.541. The molecule has 0 bridgehead atoms. The molecule has 3 aromatic rings. The largest absolute Gasteiger partial charge is 0.451 e. The topological polar surface area (TPSA) is 107 Å². The van der Waals surface area contributed by atoms with E-state index in [2.05, 4.69) is 31.2 Å². The van der Waals surface area contributed by atoms with Gasteiger partial charge < -0.3 is 15.8 Å². The number of aromatic nitrogens is 2. The van der Waals surface area contributed by atoms with Gasteiger partial charge in [-0.25, -0.2) is 14.8 Å². The molecular formula is C19H15BrN4O3S. The lowest BCUT2D eigenvalue weighted by Crippen LogP contribution is -2.22. The predicted octanol–water partition coefficient (Wildman–Crippen LogP) is 3.77. The summed E-state index contributed by atoms with van der Waals surface area (Å²) in [6, 6.07) is 15.3. The van der Waals surface area contributed by atoms with E-state index in [-0.39, 0.29) is 11.5 Å². The van der Waals surface area contributed by atoms with Crippen molar-refractivity contribution in [1.29, 1.82) is 0 Å². The summed E-state index contributed by atoms with van der Waals surface area (Å²) in [5.74, 6) is -1.32. The maximum Gasteiger partial charge on any atom is 0.361 e. The fourth-order valence-corrected chi connectivity index (χ4v) is 3.23. The van der Waals surface area contributed by atoms with Crippen LogP contribution in [-0.4, -0.2) is 28.5 Å². The van der Waals surface area contributed by atoms with Crippen LogP contribution in [0.25, 0.3) is 0 Å². The number of hydrogen-bond acceptors (Lipinski definition) is 7. The van der Waals surface area contributed by atoms with Crippen LogP contribution in [0.2, 0.25) is 0 Å². The molecule has 28 heavy (non-hydrogen) atoms. The molecule has 0 fully saturated rings. The summed E-state index contributed by atoms with van der Waals surface area (Å²) in [5.41, 5.74) is 6.03. The predicted molar refractivity (Wildman–Crippen MR) is 110 cm³/mol. The number of nitrogens with zero attached hydrogens (tertiary/aromatic N) is 2. The maximum atomic E-state index is 12.0. The Labute approximate surface area is 173 Å². The third-order valence-electron chi connectivity index (χ3n) is 3.44. The van der Waals surface area contributed by atoms with Gasteiger partial charge in [-0.3, -0.25) is 4.79 Å². The van der Waals surface area contributed by atoms with Gasteiger partial charge in [-0.2, -0.15) is 0 Å². The molecule has 1 amide bonds. The van der Waals surface area contributed by atoms with Gasteiger partial charge >= 0.3 is 5.97 Å². The zero-order valence-corrected chi connectivity index (χ0v) is 16.9. The van der Waals surface area contributed by atoms with Crippen LogP contribution in [-0.2, 0) is 9.53 Å². The van der Waals surface area contributed by atoms with Gasteiger partial charge in [0.2, 0.25) is 0 Å². The van der Waals surface area contributed by atoms with Crippen LogP contribution in [0.5, 0.6) is 0 Å². The van der Waals surface area contributed by atoms with E-state index in [0.717, 1.165) is 14.3 Å². The lowest BCUT2D eigenvalue weighted by Gasteiger charge is -2.08. The zero-order chi connectivity index (χ0) is 19.9. The number of ether oxygens (including phenoxy) is 1. The van der Waals surface area contributed by atoms with Gasteiger partial charge in [-0.15, -0.1) is 0 Å². The lowest BCUT2D eigenvalue weighted by molar-refractivity contribution is -0.119. The highest BCUT2D eigenvalue weighted by Gasteiger charge is 2.15. The molecule has 2 aromatic carbocycles. The standard InChI is InChI=1S/C19H15BrN4O3S/c20-12-1-5-14(6-2-12)28-15-7-3-13(4-8-15)24-16(25)11-27-19(26)17-18(21)23-10-9-22-17/h1-10H,11H2,(H2,21,23)(H,24,25). The number of nitrogens with one attached hydrogen (secondary N) is 1. The van der Waals surface area contributed by atoms with Gasteiger partial charge in [0, 0.05) is 32.3 Å². The number of carbonyl (C=O) groups is 2. The minimum absolute atomic E-state index is 0.0493. The summed E-state index contributed by atoms with van der Waals surface area (Å²) < 4.78 is 5.94. The average molecular weight is 459 g/mol. The molecule has 1 aromatic heterocycles. The molecule has 0 aliphatic heterocycles. The number of esters is 1. The van der Waals surface area contributed by atoms with E-state index in [1.807, 2.05) is 36.4 Å². The Hall–Kier alpha value is -2.91. The summed E-state index contributed by atoms with van der Waals surface area (Å²) in [5, 5.41) is 2.66. The number of carbonyl (C=O) groups excluding carboxylic acids is 2. The molecule has 0 saturated carbocycles. The normalized spacial score (nSPS) is 10.3. The number of halogens is 1. The van der Waals surface area contributed by atoms with E-state index in [0.29, 0.717) is 5.69 Å². The number of benzene rings is 2. The maximum absolute atomic E-state index is 12.0. The Balaban J connectivity index is 1.51. The van der Waals surface area contributed by atoms with Gasteiger partial charge in [0.1, 0.15) is 0 Å². The molecule has 0 aliphatic rings. The molecule has 0 radical (unpaired) electrons. The molecule has 0 aliphatic carbocycles. The van der Waals surface area contributed by atoms with E-state index < -0.39 is 18.5 Å². The van der Waals surface area contributed by atoms with Crippen molar-refractivity contribution >= 4 is 51.1 Å². The van der Waals surface area contributed by atoms with Crippen molar-refractivity contribution in [2.45, 2.75) is 9.79 Å². The van der Waals surface area contributed by atoms with E-state index in [1.54, 1.807) is 23.9 Å². The summed E-state index contributed by atoms with van der Waals surface area (Å²) in [6.07, 6.45) is 2.68. The van der Waals surface area contributed by atoms with Crippen LogP contribution >= 0.6 is 27.7 Å². The van der Waals surface area contributed by atoms with Crippen LogP contribution in [0.15, 0.2) is 75.2 Å². The molecular weight excluding hydrogens is 444 g/mol. The SMILES string of the molecule is Nc1nccnc1C(=O)OCC(=O)Nc1ccc(Sc2ccc(Br)cc2)cc1. The first kappa shape index (κ1) is 19.8. The van der Waals surface area contributed by atoms with Gasteiger partial charge in [-0.1, -0.05) is 27.7 Å². The zero-order valence-electron chi connectivity index (χ0n) is 14.5. The summed E-state index contributed by atoms with van der Waals surface area (Å²) in [7, 11) is 0. The second-order valence-electron chi connectivity index (χ2n) is 5.49. The first-order valence-corrected chi connectivity index (χ1v) is 9.69. The van der Waals surface area contributed by atoms with Crippen molar-refractivity contribution in [3.63, 3.8) is 0 Å². The smallest absolute Gasteiger partial charge is 0.361 e. The fraction of sp³-hybridized carbons (Fsp3) is 0.0526. The summed E-state index contributed by atoms with van der Waals surface area (Å²) in [6.45, 7) is -0.454. The average Bonchev–Trinajstić information content (AvgIpc) is 2.70. The van der Waals surface area contributed by atoms with Crippen molar-refractivity contribution in [3.05, 3.63) is 71.1 Å². The van der Waals surface area contributed by atoms with Crippen LogP contribution in [0.3, 0.4) is 0 Å². The third kappa shape index (κ3) is 5.54. The highest BCUT2D eigenvalue weighted by atomic mass is 79.9. The molecule has 0 atom stereocenters. The van der Waals surface area contributed by atoms with Crippen molar-refractivity contribution in [2.24, 2.45) is 0 Å². The molecule has 1 heterocycles. The van der Waals surface area contributed by atoms with E-state index in [4.69, 9.17) is 10.5 Å². The molecule has 9 heteroatoms. The van der Waals surface area contributed by atoms with Crippen LogP contribution in [0.1, 0.15) is 10.5 Å². The Morgan fingerprint density at radius 1 is 1.00 bits per heavy atom. The van der Waals surface area contributed by atoms with Crippen molar-refractivity contribution in [1.82, 2.24) is 9.97 Å². The molecule has 7 nitrogen and oxygen atoms in total. The second-order valence-corrected chi connectivity index (χ2v) is 7.56. The summed E-state index contributed by atoms with van der Waals surface area (Å²) in [4.78, 5) is 33.5. The van der Waals surface area contributed by atoms with E-state index in [9.17, 15) is 9.59 Å². The molecule has 0 unspecified atom stereocenters. The van der Waals surface area contributed by atoms with Gasteiger partial charge in [-0.05, 0) is 48.5 Å². The van der Waals surface area contributed by atoms with Gasteiger partial charge in [0.05, 0.1) is 0 Å². The van der Waals surface area contributed by atoms with Crippen molar-refractivity contribution in [2.75, 3.05) is 17.7 Å². The molecule has 3 rings (SSSR count). The van der Waals surface area contributed by atoms with Crippen LogP contribution < -0.4 is 11.1 Å². The Bertz CT molecular complexity index is 981. The number of hydrogen-bond donors (Lipinski definition) is 2. The van der Waals surface area contributed by atoms with Gasteiger partial charge in [0.15, 0.2) is 18.1 Å². The highest BCUT2D eigenvalue weighted by molar-refractivity contribution is 9.10. The molecule has 0 saturated heterocycles. The minimum Gasteiger partial charge on any atom is -0.451 e. The van der Waals surface area contributed by atoms with E-state index >= 15 is 0 Å². The lowest BCUT2D eigenvalue weighted by atomic mass is 10.3. The first-order valence-electron chi connectivity index (χ1n) is 8.08. The van der Waals surface area contributed by atoms with Crippen LogP contribution in [0.4, 0.5) is 11.5 Å². The van der Waals surface area contributed by atoms with Crippen LogP contribution in [0, 0.1) is 0 Å². The van der Waals surface area contributed by atoms with E-state index in [1.165, 1.54) is 12.4 Å². The molecule has 3 N–H and O–H groups in total. The number of nitrogen functional groups attached to an aromatic ring is 1. The Morgan fingerprint density at radius 3 is 2.25 bits per heavy atom. The number of anilines is 2. The Kier molecular flexibility index (Phi) is 6.62. The first-order chi connectivity index (χ1) is 13.5. The third-order valence-corrected chi connectivity index (χ3v) is 4.99. The monoisotopic (exact) mass is 458 g/mol. The number of rotatable bonds is 6. The van der Waals surface area contributed by atoms with Crippen molar-refractivity contribution in [3.8, 4) is 0 Å². The molecule has 0 spiro atoms. The minimum atomic E-state index is -0.804.